The second kappa shape index (κ2) is 5.53. The van der Waals surface area contributed by atoms with Gasteiger partial charge in [-0.3, -0.25) is 4.79 Å². The van der Waals surface area contributed by atoms with Crippen LogP contribution in [0.2, 0.25) is 5.02 Å². The van der Waals surface area contributed by atoms with Crippen LogP contribution >= 0.6 is 11.6 Å². The lowest BCUT2D eigenvalue weighted by molar-refractivity contribution is -0.129. The molecule has 0 aromatic heterocycles. The minimum absolute atomic E-state index is 0.0285. The van der Waals surface area contributed by atoms with E-state index < -0.39 is 17.7 Å². The molecule has 1 nitrogen and oxygen atoms in total. The molecule has 1 aromatic carbocycles. The van der Waals surface area contributed by atoms with E-state index in [1.54, 1.807) is 0 Å². The molecule has 0 saturated heterocycles. The maximum atomic E-state index is 13.2. The number of benzene rings is 1. The number of Topliss-reactive ketones (excluding diaryl/α,β-unsaturated/α-hetero) is 1. The number of hydrogen-bond acceptors (Lipinski definition) is 1. The van der Waals surface area contributed by atoms with Crippen molar-refractivity contribution in [1.82, 2.24) is 0 Å². The summed E-state index contributed by atoms with van der Waals surface area (Å²) in [6.07, 6.45) is 0.387. The maximum absolute atomic E-state index is 13.2. The monoisotopic (exact) mass is 290 g/mol. The molecule has 0 spiro atoms. The molecule has 0 amide bonds. The molecule has 0 N–H and O–H groups in total. The van der Waals surface area contributed by atoms with E-state index >= 15 is 0 Å². The summed E-state index contributed by atoms with van der Waals surface area (Å²) in [5, 5.41) is -0.0562. The van der Waals surface area contributed by atoms with Gasteiger partial charge in [-0.15, -0.1) is 0 Å². The molecule has 104 valence electrons. The Morgan fingerprint density at radius 3 is 2.79 bits per heavy atom. The van der Waals surface area contributed by atoms with Gasteiger partial charge in [0, 0.05) is 25.2 Å². The van der Waals surface area contributed by atoms with Gasteiger partial charge in [0.15, 0.2) is 0 Å². The normalized spacial score (nSPS) is 22.2. The van der Waals surface area contributed by atoms with Gasteiger partial charge in [-0.25, -0.2) is 13.2 Å². The molecular weight excluding hydrogens is 277 g/mol. The van der Waals surface area contributed by atoms with Crippen LogP contribution in [0, 0.1) is 11.7 Å². The van der Waals surface area contributed by atoms with Crippen LogP contribution in [0.1, 0.15) is 31.2 Å². The number of hydrogen-bond donors (Lipinski definition) is 0. The number of halogens is 4. The Labute approximate surface area is 114 Å². The average molecular weight is 291 g/mol. The quantitative estimate of drug-likeness (QED) is 0.805. The van der Waals surface area contributed by atoms with Gasteiger partial charge in [0.1, 0.15) is 11.6 Å². The highest BCUT2D eigenvalue weighted by atomic mass is 35.5. The van der Waals surface area contributed by atoms with Crippen LogP contribution in [0.3, 0.4) is 0 Å². The zero-order chi connectivity index (χ0) is 14.0. The standard InChI is InChI=1S/C14H14ClF3O/c15-11-6-9(3-4-12(11)16)7-13(19)10-2-1-5-14(17,18)8-10/h3-4,6,10H,1-2,5,7-8H2. The predicted molar refractivity (Wildman–Crippen MR) is 67.0 cm³/mol. The van der Waals surface area contributed by atoms with E-state index in [0.29, 0.717) is 18.4 Å². The van der Waals surface area contributed by atoms with Crippen molar-refractivity contribution in [1.29, 1.82) is 0 Å². The molecular formula is C14H14ClF3O. The van der Waals surface area contributed by atoms with Crippen molar-refractivity contribution in [2.75, 3.05) is 0 Å². The minimum Gasteiger partial charge on any atom is -0.299 e. The predicted octanol–water partition coefficient (Wildman–Crippen LogP) is 4.42. The van der Waals surface area contributed by atoms with Crippen LogP contribution in [-0.4, -0.2) is 11.7 Å². The highest BCUT2D eigenvalue weighted by Crippen LogP contribution is 2.37. The van der Waals surface area contributed by atoms with Crippen molar-refractivity contribution in [3.05, 3.63) is 34.6 Å². The molecule has 0 heterocycles. The van der Waals surface area contributed by atoms with Crippen LogP contribution in [0.15, 0.2) is 18.2 Å². The summed E-state index contributed by atoms with van der Waals surface area (Å²) < 4.78 is 39.5. The Morgan fingerprint density at radius 1 is 1.42 bits per heavy atom. The first-order chi connectivity index (χ1) is 8.87. The van der Waals surface area contributed by atoms with Gasteiger partial charge in [-0.1, -0.05) is 17.7 Å². The molecule has 2 rings (SSSR count). The first-order valence-electron chi connectivity index (χ1n) is 6.22. The molecule has 1 atom stereocenters. The molecule has 0 bridgehead atoms. The molecule has 0 radical (unpaired) electrons. The molecule has 1 aliphatic rings. The third kappa shape index (κ3) is 3.72. The fourth-order valence-corrected chi connectivity index (χ4v) is 2.64. The van der Waals surface area contributed by atoms with E-state index in [4.69, 9.17) is 11.6 Å². The fraction of sp³-hybridized carbons (Fsp3) is 0.500. The van der Waals surface area contributed by atoms with E-state index in [2.05, 4.69) is 0 Å². The SMILES string of the molecule is O=C(Cc1ccc(F)c(Cl)c1)C1CCCC(F)(F)C1. The minimum atomic E-state index is -2.74. The zero-order valence-corrected chi connectivity index (χ0v) is 11.0. The third-order valence-electron chi connectivity index (χ3n) is 3.46. The van der Waals surface area contributed by atoms with Crippen molar-refractivity contribution in [2.45, 2.75) is 38.0 Å². The second-order valence-electron chi connectivity index (χ2n) is 5.04. The summed E-state index contributed by atoms with van der Waals surface area (Å²) in [5.74, 6) is -4.12. The van der Waals surface area contributed by atoms with Crippen LogP contribution in [0.4, 0.5) is 13.2 Å². The zero-order valence-electron chi connectivity index (χ0n) is 10.3. The summed E-state index contributed by atoms with van der Waals surface area (Å²) >= 11 is 5.62. The largest absolute Gasteiger partial charge is 0.299 e. The molecule has 0 aliphatic heterocycles. The van der Waals surface area contributed by atoms with Crippen LogP contribution in [0.25, 0.3) is 0 Å². The number of ketones is 1. The average Bonchev–Trinajstić information content (AvgIpc) is 2.32. The van der Waals surface area contributed by atoms with Gasteiger partial charge in [0.05, 0.1) is 5.02 Å². The molecule has 1 aliphatic carbocycles. The first kappa shape index (κ1) is 14.4. The number of carbonyl (C=O) groups is 1. The Hall–Kier alpha value is -1.03. The van der Waals surface area contributed by atoms with E-state index in [9.17, 15) is 18.0 Å². The topological polar surface area (TPSA) is 17.1 Å². The van der Waals surface area contributed by atoms with Crippen molar-refractivity contribution < 1.29 is 18.0 Å². The summed E-state index contributed by atoms with van der Waals surface area (Å²) in [5.41, 5.74) is 0.560. The number of alkyl halides is 2. The van der Waals surface area contributed by atoms with Gasteiger partial charge < -0.3 is 0 Å². The molecule has 1 aromatic rings. The molecule has 1 fully saturated rings. The van der Waals surface area contributed by atoms with Crippen molar-refractivity contribution in [3.8, 4) is 0 Å². The molecule has 1 saturated carbocycles. The van der Waals surface area contributed by atoms with Crippen molar-refractivity contribution in [3.63, 3.8) is 0 Å². The molecule has 1 unspecified atom stereocenters. The number of carbonyl (C=O) groups excluding carboxylic acids is 1. The lowest BCUT2D eigenvalue weighted by atomic mass is 9.82. The van der Waals surface area contributed by atoms with Crippen molar-refractivity contribution >= 4 is 17.4 Å². The van der Waals surface area contributed by atoms with Gasteiger partial charge >= 0.3 is 0 Å². The Bertz CT molecular complexity index is 488. The van der Waals surface area contributed by atoms with Gasteiger partial charge in [0.2, 0.25) is 5.92 Å². The maximum Gasteiger partial charge on any atom is 0.248 e. The van der Waals surface area contributed by atoms with Gasteiger partial charge in [0.25, 0.3) is 0 Å². The second-order valence-corrected chi connectivity index (χ2v) is 5.45. The third-order valence-corrected chi connectivity index (χ3v) is 3.75. The van der Waals surface area contributed by atoms with Crippen LogP contribution < -0.4 is 0 Å². The highest BCUT2D eigenvalue weighted by molar-refractivity contribution is 6.30. The van der Waals surface area contributed by atoms with E-state index in [1.165, 1.54) is 18.2 Å². The van der Waals surface area contributed by atoms with Crippen LogP contribution in [0.5, 0.6) is 0 Å². The summed E-state index contributed by atoms with van der Waals surface area (Å²) in [6, 6.07) is 4.01. The lowest BCUT2D eigenvalue weighted by Gasteiger charge is -2.27. The summed E-state index contributed by atoms with van der Waals surface area (Å²) in [6.45, 7) is 0. The van der Waals surface area contributed by atoms with Gasteiger partial charge in [-0.2, -0.15) is 0 Å². The van der Waals surface area contributed by atoms with E-state index in [-0.39, 0.29) is 30.1 Å². The Morgan fingerprint density at radius 2 is 2.16 bits per heavy atom. The fourth-order valence-electron chi connectivity index (χ4n) is 2.44. The van der Waals surface area contributed by atoms with Crippen LogP contribution in [-0.2, 0) is 11.2 Å². The Balaban J connectivity index is 2.02. The highest BCUT2D eigenvalue weighted by Gasteiger charge is 2.38. The molecule has 19 heavy (non-hydrogen) atoms. The van der Waals surface area contributed by atoms with Crippen molar-refractivity contribution in [2.24, 2.45) is 5.92 Å². The Kier molecular flexibility index (Phi) is 4.19. The lowest BCUT2D eigenvalue weighted by Crippen LogP contribution is -2.31. The first-order valence-corrected chi connectivity index (χ1v) is 6.60. The van der Waals surface area contributed by atoms with Gasteiger partial charge in [-0.05, 0) is 30.5 Å². The smallest absolute Gasteiger partial charge is 0.248 e. The number of rotatable bonds is 3. The van der Waals surface area contributed by atoms with E-state index in [0.717, 1.165) is 0 Å². The summed E-state index contributed by atoms with van der Waals surface area (Å²) in [7, 11) is 0. The summed E-state index contributed by atoms with van der Waals surface area (Å²) in [4.78, 5) is 12.0. The molecule has 5 heteroatoms. The van der Waals surface area contributed by atoms with E-state index in [1.807, 2.05) is 0 Å².